The van der Waals surface area contributed by atoms with Crippen molar-refractivity contribution in [1.29, 1.82) is 5.26 Å². The lowest BCUT2D eigenvalue weighted by atomic mass is 10.0. The van der Waals surface area contributed by atoms with Crippen LogP contribution in [0.3, 0.4) is 0 Å². The van der Waals surface area contributed by atoms with Crippen molar-refractivity contribution in [3.05, 3.63) is 78.6 Å². The molecule has 0 aliphatic heterocycles. The number of nitrogens with zero attached hydrogens (tertiary/aromatic N) is 3. The molecule has 214 valence electrons. The second kappa shape index (κ2) is 15.7. The number of methoxy groups -OCH3 is 1. The highest BCUT2D eigenvalue weighted by molar-refractivity contribution is 7.78. The number of nitrogens with one attached hydrogen (secondary N) is 2. The SMILES string of the molecule is CC(F)(F)C(=O)NS.CC/C=C/C(=CNC1(C#N)CC1)c1ccc2c(cnn2CCC)c1.COc1ccccc1. The molecule has 10 heteroatoms. The number of hydrogen-bond donors (Lipinski definition) is 3. The lowest BCUT2D eigenvalue weighted by Crippen LogP contribution is -2.32. The largest absolute Gasteiger partial charge is 0.497 e. The Morgan fingerprint density at radius 1 is 1.25 bits per heavy atom. The van der Waals surface area contributed by atoms with Crippen molar-refractivity contribution in [2.75, 3.05) is 7.11 Å². The van der Waals surface area contributed by atoms with Crippen molar-refractivity contribution < 1.29 is 18.3 Å². The normalized spacial score (nSPS) is 13.8. The summed E-state index contributed by atoms with van der Waals surface area (Å²) >= 11 is 3.13. The average molecular weight is 570 g/mol. The fraction of sp³-hybridized carbons (Fsp3) is 0.367. The molecule has 1 amide bonds. The molecule has 1 saturated carbocycles. The van der Waals surface area contributed by atoms with E-state index >= 15 is 0 Å². The summed E-state index contributed by atoms with van der Waals surface area (Å²) in [6, 6.07) is 18.5. The van der Waals surface area contributed by atoms with Gasteiger partial charge in [0.1, 0.15) is 11.3 Å². The lowest BCUT2D eigenvalue weighted by molar-refractivity contribution is -0.140. The maximum absolute atomic E-state index is 11.7. The fourth-order valence-electron chi connectivity index (χ4n) is 3.41. The number of ether oxygens (including phenoxy) is 1. The average Bonchev–Trinajstić information content (AvgIpc) is 3.65. The van der Waals surface area contributed by atoms with Crippen LogP contribution in [0.1, 0.15) is 52.0 Å². The number of thiol groups is 1. The number of nitriles is 1. The van der Waals surface area contributed by atoms with Gasteiger partial charge < -0.3 is 10.1 Å². The van der Waals surface area contributed by atoms with Crippen molar-refractivity contribution >= 4 is 35.2 Å². The van der Waals surface area contributed by atoms with Crippen LogP contribution in [0.4, 0.5) is 8.78 Å². The molecule has 2 N–H and O–H groups in total. The number of halogens is 2. The summed E-state index contributed by atoms with van der Waals surface area (Å²) in [7, 11) is 1.66. The van der Waals surface area contributed by atoms with Crippen molar-refractivity contribution in [2.45, 2.75) is 64.5 Å². The van der Waals surface area contributed by atoms with E-state index in [9.17, 15) is 18.8 Å². The first kappa shape index (κ1) is 32.4. The molecule has 1 aliphatic carbocycles. The Kier molecular flexibility index (Phi) is 12.7. The molecule has 0 bridgehead atoms. The zero-order chi connectivity index (χ0) is 29.6. The van der Waals surface area contributed by atoms with E-state index in [1.165, 1.54) is 10.2 Å². The predicted molar refractivity (Wildman–Crippen MR) is 159 cm³/mol. The first-order valence-electron chi connectivity index (χ1n) is 13.1. The number of rotatable bonds is 9. The smallest absolute Gasteiger partial charge is 0.322 e. The maximum atomic E-state index is 11.7. The van der Waals surface area contributed by atoms with E-state index in [-0.39, 0.29) is 5.54 Å². The molecule has 3 aromatic rings. The molecule has 40 heavy (non-hydrogen) atoms. The molecule has 7 nitrogen and oxygen atoms in total. The summed E-state index contributed by atoms with van der Waals surface area (Å²) in [5.74, 6) is -3.80. The third-order valence-electron chi connectivity index (χ3n) is 5.89. The molecule has 0 radical (unpaired) electrons. The Morgan fingerprint density at radius 2 is 1.95 bits per heavy atom. The van der Waals surface area contributed by atoms with Crippen molar-refractivity contribution in [3.63, 3.8) is 0 Å². The Morgan fingerprint density at radius 3 is 2.42 bits per heavy atom. The lowest BCUT2D eigenvalue weighted by Gasteiger charge is -2.09. The third kappa shape index (κ3) is 10.0. The van der Waals surface area contributed by atoms with Gasteiger partial charge in [0.05, 0.1) is 24.9 Å². The van der Waals surface area contributed by atoms with Gasteiger partial charge in [-0.1, -0.05) is 63.1 Å². The van der Waals surface area contributed by atoms with E-state index in [1.807, 2.05) is 42.7 Å². The van der Waals surface area contributed by atoms with Crippen LogP contribution in [0, 0.1) is 11.3 Å². The van der Waals surface area contributed by atoms with Crippen LogP contribution in [0.25, 0.3) is 16.5 Å². The Labute approximate surface area is 240 Å². The van der Waals surface area contributed by atoms with E-state index in [1.54, 1.807) is 7.11 Å². The van der Waals surface area contributed by atoms with Crippen LogP contribution in [-0.2, 0) is 11.3 Å². The highest BCUT2D eigenvalue weighted by Crippen LogP contribution is 2.35. The van der Waals surface area contributed by atoms with Crippen LogP contribution in [0.2, 0.25) is 0 Å². The van der Waals surface area contributed by atoms with Gasteiger partial charge in [-0.3, -0.25) is 14.2 Å². The number of amides is 1. The van der Waals surface area contributed by atoms with Crippen molar-refractivity contribution in [2.24, 2.45) is 0 Å². The molecule has 1 heterocycles. The van der Waals surface area contributed by atoms with Crippen LogP contribution in [-0.4, -0.2) is 34.3 Å². The number of carbonyl (C=O) groups excluding carboxylic acids is 1. The fourth-order valence-corrected chi connectivity index (χ4v) is 3.61. The first-order chi connectivity index (χ1) is 19.1. The maximum Gasteiger partial charge on any atom is 0.322 e. The summed E-state index contributed by atoms with van der Waals surface area (Å²) in [4.78, 5) is 9.90. The predicted octanol–water partition coefficient (Wildman–Crippen LogP) is 6.70. The minimum atomic E-state index is -3.32. The second-order valence-electron chi connectivity index (χ2n) is 9.24. The summed E-state index contributed by atoms with van der Waals surface area (Å²) < 4.78 is 31.8. The topological polar surface area (TPSA) is 92.0 Å². The molecule has 2 aromatic carbocycles. The molecule has 0 unspecified atom stereocenters. The highest BCUT2D eigenvalue weighted by atomic mass is 32.1. The molecule has 0 atom stereocenters. The molecular formula is C30H37F2N5O2S. The quantitative estimate of drug-likeness (QED) is 0.197. The van der Waals surface area contributed by atoms with Gasteiger partial charge in [0.25, 0.3) is 5.91 Å². The first-order valence-corrected chi connectivity index (χ1v) is 13.5. The Bertz CT molecular complexity index is 1320. The van der Waals surface area contributed by atoms with E-state index < -0.39 is 11.8 Å². The molecule has 4 rings (SSSR count). The van der Waals surface area contributed by atoms with E-state index in [0.717, 1.165) is 54.5 Å². The van der Waals surface area contributed by atoms with Gasteiger partial charge in [-0.25, -0.2) is 0 Å². The number of para-hydroxylation sites is 1. The number of alkyl halides is 2. The van der Waals surface area contributed by atoms with Gasteiger partial charge in [-0.2, -0.15) is 19.1 Å². The zero-order valence-corrected chi connectivity index (χ0v) is 24.2. The van der Waals surface area contributed by atoms with Gasteiger partial charge >= 0.3 is 5.92 Å². The number of benzene rings is 2. The second-order valence-corrected chi connectivity index (χ2v) is 9.46. The summed E-state index contributed by atoms with van der Waals surface area (Å²) in [6.07, 6.45) is 12.1. The van der Waals surface area contributed by atoms with Crippen LogP contribution in [0.5, 0.6) is 5.75 Å². The van der Waals surface area contributed by atoms with E-state index in [4.69, 9.17) is 4.74 Å². The number of aromatic nitrogens is 2. The van der Waals surface area contributed by atoms with Gasteiger partial charge in [-0.05, 0) is 61.1 Å². The van der Waals surface area contributed by atoms with E-state index in [0.29, 0.717) is 6.92 Å². The van der Waals surface area contributed by atoms with Crippen LogP contribution >= 0.6 is 12.8 Å². The molecule has 1 aromatic heterocycles. The van der Waals surface area contributed by atoms with Crippen LogP contribution in [0.15, 0.2) is 73.1 Å². The third-order valence-corrected chi connectivity index (χ3v) is 6.09. The molecular weight excluding hydrogens is 532 g/mol. The van der Waals surface area contributed by atoms with E-state index in [2.05, 4.69) is 78.2 Å². The standard InChI is InChI=1S/C20H24N4.C7H8O.C3H5F2NOS/c1-3-5-6-17(13-22-20(15-21)9-10-20)16-7-8-19-18(12-16)14-23-24(19)11-4-2;1-8-7-5-3-2-4-6-7;1-3(4,5)2(7)6-8/h5-8,12-14,22H,3-4,9-11H2,1-2H3;2-6H,1H3;8H,1H3,(H,6,7)/b6-5+,17-13?;;. The Balaban J connectivity index is 0.000000286. The molecule has 1 aliphatic rings. The van der Waals surface area contributed by atoms with Gasteiger partial charge in [0.2, 0.25) is 0 Å². The van der Waals surface area contributed by atoms with Gasteiger partial charge in [0.15, 0.2) is 0 Å². The van der Waals surface area contributed by atoms with Crippen LogP contribution < -0.4 is 14.8 Å². The summed E-state index contributed by atoms with van der Waals surface area (Å²) in [5.41, 5.74) is 3.07. The number of aryl methyl sites for hydroxylation is 1. The van der Waals surface area contributed by atoms with Crippen molar-refractivity contribution in [1.82, 2.24) is 19.8 Å². The van der Waals surface area contributed by atoms with Gasteiger partial charge in [-0.15, -0.1) is 0 Å². The molecule has 0 spiro atoms. The Hall–Kier alpha value is -3.84. The molecule has 1 fully saturated rings. The number of carbonyl (C=O) groups is 1. The number of allylic oxidation sites excluding steroid dienone is 3. The summed E-state index contributed by atoms with van der Waals surface area (Å²) in [5, 5.41) is 18.2. The van der Waals surface area contributed by atoms with Gasteiger partial charge in [0, 0.05) is 25.1 Å². The monoisotopic (exact) mass is 569 g/mol. The minimum Gasteiger partial charge on any atom is -0.497 e. The number of fused-ring (bicyclic) bond motifs is 1. The zero-order valence-electron chi connectivity index (χ0n) is 23.3. The number of hydrogen-bond acceptors (Lipinski definition) is 6. The minimum absolute atomic E-state index is 0.346. The summed E-state index contributed by atoms with van der Waals surface area (Å²) in [6.45, 7) is 5.72. The molecule has 0 saturated heterocycles. The highest BCUT2D eigenvalue weighted by Gasteiger charge is 2.42. The van der Waals surface area contributed by atoms with Crippen molar-refractivity contribution in [3.8, 4) is 11.8 Å².